The molecule has 0 aliphatic heterocycles. The summed E-state index contributed by atoms with van der Waals surface area (Å²) in [6.45, 7) is 0. The van der Waals surface area contributed by atoms with Crippen molar-refractivity contribution in [2.24, 2.45) is 0 Å². The highest BCUT2D eigenvalue weighted by Crippen LogP contribution is 2.24. The molecule has 0 amide bonds. The number of anilines is 1. The first-order chi connectivity index (χ1) is 7.33. The highest BCUT2D eigenvalue weighted by molar-refractivity contribution is 7.13. The lowest BCUT2D eigenvalue weighted by molar-refractivity contribution is 1.34. The van der Waals surface area contributed by atoms with E-state index in [1.165, 1.54) is 0 Å². The Morgan fingerprint density at radius 1 is 1.33 bits per heavy atom. The maximum Gasteiger partial charge on any atom is 0.150 e. The molecule has 3 N–H and O–H groups in total. The van der Waals surface area contributed by atoms with Crippen LogP contribution in [0.3, 0.4) is 0 Å². The number of nitrogens with zero attached hydrogens (tertiary/aromatic N) is 2. The molecular formula is C10H8N4S. The predicted octanol–water partition coefficient (Wildman–Crippen LogP) is 2.27. The van der Waals surface area contributed by atoms with Gasteiger partial charge in [0, 0.05) is 11.9 Å². The monoisotopic (exact) mass is 216 g/mol. The van der Waals surface area contributed by atoms with Crippen LogP contribution in [-0.2, 0) is 0 Å². The SMILES string of the molecule is Nc1ccc2nc(-c3cncs3)[nH]c2c1. The van der Waals surface area contributed by atoms with Crippen LogP contribution in [0.25, 0.3) is 21.7 Å². The lowest BCUT2D eigenvalue weighted by Crippen LogP contribution is -1.82. The minimum Gasteiger partial charge on any atom is -0.399 e. The molecule has 2 heterocycles. The molecule has 0 fully saturated rings. The molecule has 4 nitrogen and oxygen atoms in total. The minimum absolute atomic E-state index is 0.738. The quantitative estimate of drug-likeness (QED) is 0.613. The van der Waals surface area contributed by atoms with Gasteiger partial charge in [-0.25, -0.2) is 4.98 Å². The molecular weight excluding hydrogens is 208 g/mol. The second-order valence-corrected chi connectivity index (χ2v) is 4.11. The van der Waals surface area contributed by atoms with E-state index >= 15 is 0 Å². The number of thiazole rings is 1. The number of imidazole rings is 1. The molecule has 0 bridgehead atoms. The fraction of sp³-hybridized carbons (Fsp3) is 0. The number of nitrogen functional groups attached to an aromatic ring is 1. The zero-order chi connectivity index (χ0) is 10.3. The van der Waals surface area contributed by atoms with Gasteiger partial charge in [0.1, 0.15) is 5.82 Å². The number of benzene rings is 1. The third-order valence-corrected chi connectivity index (χ3v) is 2.95. The van der Waals surface area contributed by atoms with Gasteiger partial charge in [-0.2, -0.15) is 0 Å². The van der Waals surface area contributed by atoms with E-state index in [-0.39, 0.29) is 0 Å². The Labute approximate surface area is 89.8 Å². The number of H-pyrrole nitrogens is 1. The van der Waals surface area contributed by atoms with Gasteiger partial charge in [-0.3, -0.25) is 4.98 Å². The molecule has 0 saturated heterocycles. The van der Waals surface area contributed by atoms with Gasteiger partial charge in [0.25, 0.3) is 0 Å². The summed E-state index contributed by atoms with van der Waals surface area (Å²) in [7, 11) is 0. The van der Waals surface area contributed by atoms with Crippen molar-refractivity contribution in [2.45, 2.75) is 0 Å². The highest BCUT2D eigenvalue weighted by Gasteiger charge is 2.06. The van der Waals surface area contributed by atoms with Crippen molar-refractivity contribution in [1.82, 2.24) is 15.0 Å². The Kier molecular flexibility index (Phi) is 1.72. The highest BCUT2D eigenvalue weighted by atomic mass is 32.1. The van der Waals surface area contributed by atoms with Crippen molar-refractivity contribution in [3.8, 4) is 10.7 Å². The summed E-state index contributed by atoms with van der Waals surface area (Å²) in [6, 6.07) is 5.64. The van der Waals surface area contributed by atoms with Gasteiger partial charge in [0.05, 0.1) is 21.4 Å². The van der Waals surface area contributed by atoms with Crippen LogP contribution in [0.2, 0.25) is 0 Å². The smallest absolute Gasteiger partial charge is 0.150 e. The fourth-order valence-electron chi connectivity index (χ4n) is 1.48. The van der Waals surface area contributed by atoms with Crippen molar-refractivity contribution in [3.05, 3.63) is 29.9 Å². The van der Waals surface area contributed by atoms with Gasteiger partial charge in [-0.1, -0.05) is 0 Å². The standard InChI is InChI=1S/C10H8N4S/c11-6-1-2-7-8(3-6)14-10(13-7)9-4-12-5-15-9/h1-5H,11H2,(H,13,14). The van der Waals surface area contributed by atoms with Gasteiger partial charge in [0.15, 0.2) is 0 Å². The second kappa shape index (κ2) is 3.06. The summed E-state index contributed by atoms with van der Waals surface area (Å²) in [4.78, 5) is 12.7. The molecule has 0 aliphatic rings. The van der Waals surface area contributed by atoms with E-state index in [2.05, 4.69) is 15.0 Å². The maximum atomic E-state index is 5.69. The molecule has 3 rings (SSSR count). The lowest BCUT2D eigenvalue weighted by Gasteiger charge is -1.89. The Balaban J connectivity index is 2.22. The van der Waals surface area contributed by atoms with Crippen LogP contribution in [0.15, 0.2) is 29.9 Å². The van der Waals surface area contributed by atoms with Crippen LogP contribution in [-0.4, -0.2) is 15.0 Å². The first kappa shape index (κ1) is 8.43. The molecule has 15 heavy (non-hydrogen) atoms. The Hall–Kier alpha value is -1.88. The summed E-state index contributed by atoms with van der Waals surface area (Å²) in [5.74, 6) is 0.845. The topological polar surface area (TPSA) is 67.6 Å². The van der Waals surface area contributed by atoms with Crippen molar-refractivity contribution in [3.63, 3.8) is 0 Å². The largest absolute Gasteiger partial charge is 0.399 e. The average molecular weight is 216 g/mol. The van der Waals surface area contributed by atoms with Crippen LogP contribution in [0.4, 0.5) is 5.69 Å². The number of nitrogens with one attached hydrogen (secondary N) is 1. The third-order valence-electron chi connectivity index (χ3n) is 2.17. The Morgan fingerprint density at radius 3 is 3.07 bits per heavy atom. The summed E-state index contributed by atoms with van der Waals surface area (Å²) in [5.41, 5.74) is 10.1. The Bertz CT molecular complexity index is 597. The first-order valence-corrected chi connectivity index (χ1v) is 5.35. The second-order valence-electron chi connectivity index (χ2n) is 3.23. The van der Waals surface area contributed by atoms with Gasteiger partial charge in [-0.05, 0) is 18.2 Å². The maximum absolute atomic E-state index is 5.69. The van der Waals surface area contributed by atoms with Crippen LogP contribution in [0.1, 0.15) is 0 Å². The van der Waals surface area contributed by atoms with E-state index in [0.717, 1.165) is 27.4 Å². The predicted molar refractivity (Wildman–Crippen MR) is 61.6 cm³/mol. The zero-order valence-electron chi connectivity index (χ0n) is 7.77. The molecule has 0 spiro atoms. The van der Waals surface area contributed by atoms with Crippen LogP contribution in [0.5, 0.6) is 0 Å². The number of hydrogen-bond acceptors (Lipinski definition) is 4. The van der Waals surface area contributed by atoms with Crippen molar-refractivity contribution in [2.75, 3.05) is 5.73 Å². The lowest BCUT2D eigenvalue weighted by atomic mass is 10.3. The fourth-order valence-corrected chi connectivity index (χ4v) is 2.04. The first-order valence-electron chi connectivity index (χ1n) is 4.47. The van der Waals surface area contributed by atoms with Crippen molar-refractivity contribution in [1.29, 1.82) is 0 Å². The number of nitrogens with two attached hydrogens (primary N) is 1. The Morgan fingerprint density at radius 2 is 2.27 bits per heavy atom. The summed E-state index contributed by atoms with van der Waals surface area (Å²) in [6.07, 6.45) is 1.80. The van der Waals surface area contributed by atoms with Gasteiger partial charge >= 0.3 is 0 Å². The molecule has 2 aromatic heterocycles. The molecule has 5 heteroatoms. The van der Waals surface area contributed by atoms with Crippen LogP contribution >= 0.6 is 11.3 Å². The summed E-state index contributed by atoms with van der Waals surface area (Å²) in [5, 5.41) is 0. The van der Waals surface area contributed by atoms with Gasteiger partial charge < -0.3 is 10.7 Å². The molecule has 0 aliphatic carbocycles. The van der Waals surface area contributed by atoms with E-state index in [4.69, 9.17) is 5.73 Å². The zero-order valence-corrected chi connectivity index (χ0v) is 8.58. The number of hydrogen-bond donors (Lipinski definition) is 2. The van der Waals surface area contributed by atoms with Gasteiger partial charge in [0.2, 0.25) is 0 Å². The van der Waals surface area contributed by atoms with E-state index in [1.807, 2.05) is 18.2 Å². The summed E-state index contributed by atoms with van der Waals surface area (Å²) < 4.78 is 0. The molecule has 0 unspecified atom stereocenters. The molecule has 0 saturated carbocycles. The van der Waals surface area contributed by atoms with Crippen LogP contribution < -0.4 is 5.73 Å². The van der Waals surface area contributed by atoms with E-state index in [0.29, 0.717) is 0 Å². The molecule has 1 aromatic carbocycles. The van der Waals surface area contributed by atoms with Crippen LogP contribution in [0, 0.1) is 0 Å². The molecule has 3 aromatic rings. The average Bonchev–Trinajstić information content (AvgIpc) is 2.84. The molecule has 0 atom stereocenters. The number of aromatic nitrogens is 3. The van der Waals surface area contributed by atoms with E-state index in [9.17, 15) is 0 Å². The van der Waals surface area contributed by atoms with E-state index < -0.39 is 0 Å². The number of fused-ring (bicyclic) bond motifs is 1. The normalized spacial score (nSPS) is 10.9. The third kappa shape index (κ3) is 1.37. The molecule has 74 valence electrons. The minimum atomic E-state index is 0.738. The molecule has 0 radical (unpaired) electrons. The van der Waals surface area contributed by atoms with Crippen molar-refractivity contribution < 1.29 is 0 Å². The number of rotatable bonds is 1. The van der Waals surface area contributed by atoms with Gasteiger partial charge in [-0.15, -0.1) is 11.3 Å². The van der Waals surface area contributed by atoms with Crippen molar-refractivity contribution >= 4 is 28.1 Å². The van der Waals surface area contributed by atoms with E-state index in [1.54, 1.807) is 23.0 Å². The summed E-state index contributed by atoms with van der Waals surface area (Å²) >= 11 is 1.56. The number of aromatic amines is 1.